The second-order valence-electron chi connectivity index (χ2n) is 17.2. The Morgan fingerprint density at radius 3 is 2.44 bits per heavy atom. The van der Waals surface area contributed by atoms with Gasteiger partial charge in [0.25, 0.3) is 0 Å². The van der Waals surface area contributed by atoms with Gasteiger partial charge in [-0.1, -0.05) is 46.3 Å². The second kappa shape index (κ2) is 9.22. The fourth-order valence-electron chi connectivity index (χ4n) is 11.9. The molecule has 0 amide bonds. The van der Waals surface area contributed by atoms with Crippen molar-refractivity contribution >= 4 is 11.6 Å². The van der Waals surface area contributed by atoms with Gasteiger partial charge in [-0.3, -0.25) is 9.59 Å². The maximum Gasteiger partial charge on any atom is 0.186 e. The summed E-state index contributed by atoms with van der Waals surface area (Å²) in [5.41, 5.74) is 0.884. The third kappa shape index (κ3) is 3.89. The molecule has 240 valence electrons. The number of epoxide rings is 1. The molecule has 8 nitrogen and oxygen atoms in total. The first-order chi connectivity index (χ1) is 20.0. The van der Waals surface area contributed by atoms with Gasteiger partial charge in [-0.2, -0.15) is 0 Å². The van der Waals surface area contributed by atoms with Crippen LogP contribution in [0.4, 0.5) is 0 Å². The first kappa shape index (κ1) is 30.5. The summed E-state index contributed by atoms with van der Waals surface area (Å²) in [5, 5.41) is 30.7. The number of fused-ring (bicyclic) bond motifs is 2. The van der Waals surface area contributed by atoms with Crippen molar-refractivity contribution in [2.24, 2.45) is 44.8 Å². The fourth-order valence-corrected chi connectivity index (χ4v) is 11.9. The van der Waals surface area contributed by atoms with E-state index in [1.165, 1.54) is 5.57 Å². The summed E-state index contributed by atoms with van der Waals surface area (Å²) in [7, 11) is 0. The second-order valence-corrected chi connectivity index (χ2v) is 17.2. The predicted molar refractivity (Wildman–Crippen MR) is 158 cm³/mol. The number of ether oxygens (including phenoxy) is 3. The zero-order valence-corrected chi connectivity index (χ0v) is 27.0. The number of allylic oxidation sites excluding steroid dienone is 2. The Bertz CT molecular complexity index is 1260. The largest absolute Gasteiger partial charge is 0.388 e. The Hall–Kier alpha value is -1.16. The molecular formula is C35H52O8. The molecule has 7 rings (SSSR count). The molecule has 2 saturated heterocycles. The van der Waals surface area contributed by atoms with Gasteiger partial charge in [0, 0.05) is 24.2 Å². The number of carbonyl (C=O) groups excluding carboxylic acids is 2. The SMILES string of the molecule is C[C@H](CC(=O)[C@@H]1OC1(C)C)[C@H]1C(=O)C[C@@]2(C)C3=CCC4C(C)(C)[C@@H](O[C@@H]5OC[C@@H](O)C(O)[C@@H]5O)CC[C@@]45C[C@@]35CC[C@]12C. The van der Waals surface area contributed by atoms with E-state index in [0.29, 0.717) is 24.5 Å². The zero-order chi connectivity index (χ0) is 31.1. The van der Waals surface area contributed by atoms with Crippen LogP contribution < -0.4 is 0 Å². The minimum absolute atomic E-state index is 0.00511. The molecule has 3 N–H and O–H groups in total. The van der Waals surface area contributed by atoms with Crippen LogP contribution in [0.1, 0.15) is 99.8 Å². The number of carbonyl (C=O) groups is 2. The van der Waals surface area contributed by atoms with Crippen molar-refractivity contribution in [3.05, 3.63) is 11.6 Å². The molecule has 8 heteroatoms. The number of aliphatic hydroxyl groups excluding tert-OH is 3. The molecule has 7 aliphatic rings. The van der Waals surface area contributed by atoms with Crippen LogP contribution in [0.3, 0.4) is 0 Å². The smallest absolute Gasteiger partial charge is 0.186 e. The maximum absolute atomic E-state index is 13.9. The molecule has 2 unspecified atom stereocenters. The molecule has 0 radical (unpaired) electrons. The Labute approximate surface area is 255 Å². The van der Waals surface area contributed by atoms with Crippen LogP contribution in [-0.4, -0.2) is 75.9 Å². The molecule has 43 heavy (non-hydrogen) atoms. The van der Waals surface area contributed by atoms with E-state index in [0.717, 1.165) is 38.5 Å². The van der Waals surface area contributed by atoms with Crippen LogP contribution in [-0.2, 0) is 23.8 Å². The summed E-state index contributed by atoms with van der Waals surface area (Å²) in [6.45, 7) is 15.2. The van der Waals surface area contributed by atoms with Gasteiger partial charge in [0.15, 0.2) is 12.1 Å². The molecule has 0 aromatic rings. The molecule has 13 atom stereocenters. The molecular weight excluding hydrogens is 548 g/mol. The predicted octanol–water partition coefficient (Wildman–Crippen LogP) is 4.12. The van der Waals surface area contributed by atoms with Crippen molar-refractivity contribution in [2.75, 3.05) is 6.61 Å². The molecule has 5 aliphatic carbocycles. The van der Waals surface area contributed by atoms with Crippen LogP contribution in [0, 0.1) is 44.8 Å². The summed E-state index contributed by atoms with van der Waals surface area (Å²) >= 11 is 0. The molecule has 2 aliphatic heterocycles. The average molecular weight is 601 g/mol. The topological polar surface area (TPSA) is 126 Å². The van der Waals surface area contributed by atoms with Crippen LogP contribution >= 0.6 is 0 Å². The Morgan fingerprint density at radius 1 is 1.07 bits per heavy atom. The summed E-state index contributed by atoms with van der Waals surface area (Å²) in [5.74, 6) is 0.735. The lowest BCUT2D eigenvalue weighted by Gasteiger charge is -2.60. The van der Waals surface area contributed by atoms with Crippen molar-refractivity contribution in [1.82, 2.24) is 0 Å². The van der Waals surface area contributed by atoms with Crippen LogP contribution in [0.5, 0.6) is 0 Å². The highest BCUT2D eigenvalue weighted by molar-refractivity contribution is 5.90. The maximum atomic E-state index is 13.9. The third-order valence-corrected chi connectivity index (χ3v) is 14.4. The number of rotatable bonds is 6. The lowest BCUT2D eigenvalue weighted by atomic mass is 9.45. The number of ketones is 2. The van der Waals surface area contributed by atoms with E-state index in [9.17, 15) is 24.9 Å². The van der Waals surface area contributed by atoms with E-state index in [1.54, 1.807) is 0 Å². The van der Waals surface area contributed by atoms with E-state index in [4.69, 9.17) is 14.2 Å². The van der Waals surface area contributed by atoms with Gasteiger partial charge in [0.05, 0.1) is 18.3 Å². The minimum Gasteiger partial charge on any atom is -0.388 e. The average Bonchev–Trinajstić information content (AvgIpc) is 3.76. The van der Waals surface area contributed by atoms with Crippen molar-refractivity contribution in [1.29, 1.82) is 0 Å². The van der Waals surface area contributed by atoms with Crippen molar-refractivity contribution in [3.8, 4) is 0 Å². The Balaban J connectivity index is 1.13. The van der Waals surface area contributed by atoms with Gasteiger partial charge in [-0.25, -0.2) is 0 Å². The van der Waals surface area contributed by atoms with Crippen LogP contribution in [0.25, 0.3) is 0 Å². The van der Waals surface area contributed by atoms with Gasteiger partial charge in [0.1, 0.15) is 30.2 Å². The number of hydrogen-bond donors (Lipinski definition) is 3. The first-order valence-corrected chi connectivity index (χ1v) is 16.7. The molecule has 2 heterocycles. The summed E-state index contributed by atoms with van der Waals surface area (Å²) < 4.78 is 17.7. The lowest BCUT2D eigenvalue weighted by Crippen LogP contribution is -2.58. The van der Waals surface area contributed by atoms with Gasteiger partial charge < -0.3 is 29.5 Å². The number of Topliss-reactive ketones (excluding diaryl/α,β-unsaturated/α-hetero) is 2. The normalized spacial score (nSPS) is 53.1. The Morgan fingerprint density at radius 2 is 1.77 bits per heavy atom. The van der Waals surface area contributed by atoms with Crippen LogP contribution in [0.15, 0.2) is 11.6 Å². The standard InChI is InChI=1S/C35H52O8/c1-18(14-19(36)28-31(4,5)43-28)25-20(37)15-33(7)23-9-8-22-30(2,3)24(42-29-27(40)26(39)21(38)16-41-29)10-11-34(22)17-35(23,34)13-12-32(25,33)6/h9,18,21-22,24-29,38-40H,8,10-17H2,1-7H3/t18-,21-,22?,24+,25+,26?,27+,28+,29+,32-,33+,34-,35+/m1/s1. The highest BCUT2D eigenvalue weighted by Gasteiger charge is 2.81. The van der Waals surface area contributed by atoms with Gasteiger partial charge in [0.2, 0.25) is 0 Å². The molecule has 4 saturated carbocycles. The Kier molecular flexibility index (Phi) is 6.54. The summed E-state index contributed by atoms with van der Waals surface area (Å²) in [6, 6.07) is 0. The highest BCUT2D eigenvalue weighted by atomic mass is 16.7. The monoisotopic (exact) mass is 600 g/mol. The van der Waals surface area contributed by atoms with Gasteiger partial charge in [-0.15, -0.1) is 0 Å². The quantitative estimate of drug-likeness (QED) is 0.307. The van der Waals surface area contributed by atoms with Crippen molar-refractivity contribution in [3.63, 3.8) is 0 Å². The van der Waals surface area contributed by atoms with Crippen LogP contribution in [0.2, 0.25) is 0 Å². The highest BCUT2D eigenvalue weighted by Crippen LogP contribution is 2.87. The lowest BCUT2D eigenvalue weighted by molar-refractivity contribution is -0.300. The van der Waals surface area contributed by atoms with Crippen molar-refractivity contribution in [2.45, 2.75) is 142 Å². The fraction of sp³-hybridized carbons (Fsp3) is 0.886. The zero-order valence-electron chi connectivity index (χ0n) is 27.0. The number of hydrogen-bond acceptors (Lipinski definition) is 8. The van der Waals surface area contributed by atoms with E-state index < -0.39 is 24.6 Å². The first-order valence-electron chi connectivity index (χ1n) is 16.7. The van der Waals surface area contributed by atoms with E-state index in [1.807, 2.05) is 13.8 Å². The number of aliphatic hydroxyl groups is 3. The van der Waals surface area contributed by atoms with E-state index in [2.05, 4.69) is 40.7 Å². The van der Waals surface area contributed by atoms with E-state index >= 15 is 0 Å². The minimum atomic E-state index is -1.29. The summed E-state index contributed by atoms with van der Waals surface area (Å²) in [6.07, 6.45) is 4.39. The molecule has 6 fully saturated rings. The van der Waals surface area contributed by atoms with Gasteiger partial charge in [-0.05, 0) is 85.9 Å². The third-order valence-electron chi connectivity index (χ3n) is 14.4. The molecule has 0 aromatic carbocycles. The molecule has 0 aromatic heterocycles. The van der Waals surface area contributed by atoms with Gasteiger partial charge >= 0.3 is 0 Å². The van der Waals surface area contributed by atoms with Crippen molar-refractivity contribution < 1.29 is 39.1 Å². The van der Waals surface area contributed by atoms with E-state index in [-0.39, 0.29) is 69.1 Å². The molecule has 2 spiro atoms. The molecule has 0 bridgehead atoms. The summed E-state index contributed by atoms with van der Waals surface area (Å²) in [4.78, 5) is 27.0.